The van der Waals surface area contributed by atoms with Crippen molar-refractivity contribution >= 4 is 24.4 Å². The minimum atomic E-state index is -2.91. The number of nitrogens with zero attached hydrogens (tertiary/aromatic N) is 3. The van der Waals surface area contributed by atoms with Crippen LogP contribution >= 0.6 is 12.2 Å². The highest BCUT2D eigenvalue weighted by atomic mass is 32.1. The fourth-order valence-corrected chi connectivity index (χ4v) is 3.06. The van der Waals surface area contributed by atoms with Crippen molar-refractivity contribution in [3.8, 4) is 11.5 Å². The highest BCUT2D eigenvalue weighted by Crippen LogP contribution is 2.29. The van der Waals surface area contributed by atoms with Crippen LogP contribution in [0.4, 0.5) is 8.78 Å². The van der Waals surface area contributed by atoms with Gasteiger partial charge in [0, 0.05) is 6.54 Å². The van der Waals surface area contributed by atoms with E-state index in [1.165, 1.54) is 13.2 Å². The Morgan fingerprint density at radius 3 is 2.73 bits per heavy atom. The minimum absolute atomic E-state index is 0.00197. The number of alkyl halides is 2. The molecule has 160 valence electrons. The number of furan rings is 1. The van der Waals surface area contributed by atoms with Crippen LogP contribution in [0, 0.1) is 11.7 Å². The third-order valence-electron chi connectivity index (χ3n) is 4.14. The molecular formula is C20H22F2N4O3S. The van der Waals surface area contributed by atoms with Gasteiger partial charge in [0.15, 0.2) is 11.5 Å². The third kappa shape index (κ3) is 5.77. The number of nitrogens with one attached hydrogen (secondary N) is 1. The molecule has 0 saturated carbocycles. The van der Waals surface area contributed by atoms with Crippen molar-refractivity contribution in [3.05, 3.63) is 58.0 Å². The molecular weight excluding hydrogens is 414 g/mol. The summed E-state index contributed by atoms with van der Waals surface area (Å²) in [5.41, 5.74) is 0.871. The zero-order valence-electron chi connectivity index (χ0n) is 16.8. The van der Waals surface area contributed by atoms with Crippen LogP contribution in [0.25, 0.3) is 12.2 Å². The predicted molar refractivity (Wildman–Crippen MR) is 111 cm³/mol. The Morgan fingerprint density at radius 1 is 1.27 bits per heavy atom. The smallest absolute Gasteiger partial charge is 0.387 e. The van der Waals surface area contributed by atoms with Crippen LogP contribution in [0.2, 0.25) is 0 Å². The summed E-state index contributed by atoms with van der Waals surface area (Å²) < 4.78 is 42.2. The number of aromatic nitrogens is 3. The number of aryl methyl sites for hydroxylation is 1. The van der Waals surface area contributed by atoms with Gasteiger partial charge in [-0.2, -0.15) is 13.8 Å². The van der Waals surface area contributed by atoms with E-state index in [0.717, 1.165) is 17.1 Å². The Hall–Kier alpha value is -2.98. The summed E-state index contributed by atoms with van der Waals surface area (Å²) in [5, 5.41) is 3.13. The molecule has 7 nitrogen and oxygen atoms in total. The average Bonchev–Trinajstić information content (AvgIpc) is 3.26. The molecule has 0 radical (unpaired) electrons. The standard InChI is InChI=1S/C20H22F2N4O3S/c1-13-4-6-15(28-13)7-9-18-23-20(30)26(24-18)12-25(2)11-14-5-8-16(29-19(21)22)17(10-14)27-3/h4-10,19H,11-12H2,1-3H3,(H,23,24,30)/b9-7+. The zero-order valence-corrected chi connectivity index (χ0v) is 17.6. The molecule has 0 aliphatic rings. The van der Waals surface area contributed by atoms with Crippen molar-refractivity contribution in [3.63, 3.8) is 0 Å². The third-order valence-corrected chi connectivity index (χ3v) is 4.45. The molecule has 2 aromatic heterocycles. The van der Waals surface area contributed by atoms with E-state index in [2.05, 4.69) is 14.8 Å². The first kappa shape index (κ1) is 21.7. The molecule has 1 N–H and O–H groups in total. The maximum atomic E-state index is 12.5. The van der Waals surface area contributed by atoms with Crippen LogP contribution in [-0.4, -0.2) is 40.4 Å². The monoisotopic (exact) mass is 436 g/mol. The maximum absolute atomic E-state index is 12.5. The van der Waals surface area contributed by atoms with Gasteiger partial charge in [-0.05, 0) is 68.2 Å². The lowest BCUT2D eigenvalue weighted by molar-refractivity contribution is -0.0512. The Kier molecular flexibility index (Phi) is 7.01. The van der Waals surface area contributed by atoms with Crippen LogP contribution in [-0.2, 0) is 13.2 Å². The molecule has 0 bridgehead atoms. The zero-order chi connectivity index (χ0) is 21.7. The number of hydrogen-bond donors (Lipinski definition) is 1. The molecule has 0 amide bonds. The molecule has 0 aliphatic heterocycles. The Balaban J connectivity index is 1.65. The van der Waals surface area contributed by atoms with E-state index < -0.39 is 6.61 Å². The van der Waals surface area contributed by atoms with Crippen molar-refractivity contribution in [1.82, 2.24) is 19.7 Å². The van der Waals surface area contributed by atoms with Gasteiger partial charge >= 0.3 is 6.61 Å². The fraction of sp³-hybridized carbons (Fsp3) is 0.300. The summed E-state index contributed by atoms with van der Waals surface area (Å²) in [5.74, 6) is 2.42. The molecule has 10 heteroatoms. The predicted octanol–water partition coefficient (Wildman–Crippen LogP) is 4.71. The maximum Gasteiger partial charge on any atom is 0.387 e. The summed E-state index contributed by atoms with van der Waals surface area (Å²) >= 11 is 5.32. The lowest BCUT2D eigenvalue weighted by atomic mass is 10.2. The van der Waals surface area contributed by atoms with E-state index in [9.17, 15) is 8.78 Å². The second-order valence-electron chi connectivity index (χ2n) is 6.62. The van der Waals surface area contributed by atoms with Gasteiger partial charge in [0.05, 0.1) is 13.8 Å². The van der Waals surface area contributed by atoms with Gasteiger partial charge in [-0.15, -0.1) is 0 Å². The molecule has 0 spiro atoms. The molecule has 3 rings (SSSR count). The summed E-state index contributed by atoms with van der Waals surface area (Å²) in [7, 11) is 3.31. The number of benzene rings is 1. The van der Waals surface area contributed by atoms with Gasteiger partial charge in [0.25, 0.3) is 0 Å². The molecule has 0 saturated heterocycles. The molecule has 1 aromatic carbocycles. The van der Waals surface area contributed by atoms with Crippen molar-refractivity contribution in [1.29, 1.82) is 0 Å². The highest BCUT2D eigenvalue weighted by Gasteiger charge is 2.12. The molecule has 3 aromatic rings. The molecule has 0 unspecified atom stereocenters. The average molecular weight is 436 g/mol. The van der Waals surface area contributed by atoms with E-state index in [-0.39, 0.29) is 11.5 Å². The van der Waals surface area contributed by atoms with Crippen LogP contribution in [0.3, 0.4) is 0 Å². The molecule has 0 atom stereocenters. The Bertz CT molecular complexity index is 1070. The van der Waals surface area contributed by atoms with Crippen LogP contribution in [0.5, 0.6) is 11.5 Å². The van der Waals surface area contributed by atoms with E-state index in [1.54, 1.807) is 22.9 Å². The summed E-state index contributed by atoms with van der Waals surface area (Å²) in [4.78, 5) is 6.30. The summed E-state index contributed by atoms with van der Waals surface area (Å²) in [6.45, 7) is -0.0421. The van der Waals surface area contributed by atoms with Crippen molar-refractivity contribution in [2.45, 2.75) is 26.7 Å². The van der Waals surface area contributed by atoms with Gasteiger partial charge < -0.3 is 13.9 Å². The first-order valence-electron chi connectivity index (χ1n) is 9.05. The second-order valence-corrected chi connectivity index (χ2v) is 6.99. The van der Waals surface area contributed by atoms with E-state index in [1.807, 2.05) is 37.1 Å². The highest BCUT2D eigenvalue weighted by molar-refractivity contribution is 7.71. The fourth-order valence-electron chi connectivity index (χ4n) is 2.86. The number of halogens is 2. The lowest BCUT2D eigenvalue weighted by Crippen LogP contribution is -2.22. The number of aromatic amines is 1. The first-order valence-corrected chi connectivity index (χ1v) is 9.46. The van der Waals surface area contributed by atoms with Gasteiger partial charge in [-0.3, -0.25) is 10.00 Å². The SMILES string of the molecule is COc1cc(CN(C)Cn2[nH]c(/C=C/c3ccc(C)o3)nc2=S)ccc1OC(F)F. The number of methoxy groups -OCH3 is 1. The van der Waals surface area contributed by atoms with Crippen molar-refractivity contribution in [2.24, 2.45) is 0 Å². The van der Waals surface area contributed by atoms with Gasteiger partial charge in [-0.25, -0.2) is 4.68 Å². The minimum Gasteiger partial charge on any atom is -0.493 e. The van der Waals surface area contributed by atoms with Crippen LogP contribution < -0.4 is 9.47 Å². The number of ether oxygens (including phenoxy) is 2. The second kappa shape index (κ2) is 9.68. The first-order chi connectivity index (χ1) is 14.3. The molecule has 2 heterocycles. The van der Waals surface area contributed by atoms with E-state index in [0.29, 0.717) is 23.8 Å². The summed E-state index contributed by atoms with van der Waals surface area (Å²) in [6.07, 6.45) is 3.60. The Labute approximate surface area is 177 Å². The number of H-pyrrole nitrogens is 1. The van der Waals surface area contributed by atoms with Gasteiger partial charge in [0.2, 0.25) is 4.77 Å². The number of rotatable bonds is 9. The summed E-state index contributed by atoms with van der Waals surface area (Å²) in [6, 6.07) is 8.60. The number of hydrogen-bond acceptors (Lipinski definition) is 6. The molecule has 30 heavy (non-hydrogen) atoms. The van der Waals surface area contributed by atoms with E-state index in [4.69, 9.17) is 21.4 Å². The molecule has 0 aliphatic carbocycles. The van der Waals surface area contributed by atoms with Gasteiger partial charge in [0.1, 0.15) is 17.3 Å². The lowest BCUT2D eigenvalue weighted by Gasteiger charge is -2.18. The van der Waals surface area contributed by atoms with E-state index >= 15 is 0 Å². The largest absolute Gasteiger partial charge is 0.493 e. The van der Waals surface area contributed by atoms with Crippen molar-refractivity contribution < 1.29 is 22.7 Å². The molecule has 0 fully saturated rings. The normalized spacial score (nSPS) is 11.7. The van der Waals surface area contributed by atoms with Crippen LogP contribution in [0.15, 0.2) is 34.7 Å². The van der Waals surface area contributed by atoms with Crippen LogP contribution in [0.1, 0.15) is 22.9 Å². The Morgan fingerprint density at radius 2 is 2.07 bits per heavy atom. The van der Waals surface area contributed by atoms with Gasteiger partial charge in [-0.1, -0.05) is 6.07 Å². The quantitative estimate of drug-likeness (QED) is 0.490. The van der Waals surface area contributed by atoms with Crippen molar-refractivity contribution in [2.75, 3.05) is 14.2 Å². The topological polar surface area (TPSA) is 68.5 Å².